The molecule has 0 radical (unpaired) electrons. The Labute approximate surface area is 186 Å². The second-order valence-electron chi connectivity index (χ2n) is 7.83. The minimum atomic E-state index is -4.40. The first-order valence-corrected chi connectivity index (χ1v) is 9.86. The molecule has 1 N–H and O–H groups in total. The van der Waals surface area contributed by atoms with E-state index in [4.69, 9.17) is 4.74 Å². The predicted molar refractivity (Wildman–Crippen MR) is 109 cm³/mol. The molecule has 1 heterocycles. The van der Waals surface area contributed by atoms with E-state index in [0.717, 1.165) is 55.0 Å². The van der Waals surface area contributed by atoms with Crippen LogP contribution in [0.15, 0.2) is 54.6 Å². The van der Waals surface area contributed by atoms with E-state index in [1.54, 1.807) is 0 Å². The van der Waals surface area contributed by atoms with E-state index in [9.17, 15) is 18.0 Å². The zero-order chi connectivity index (χ0) is 21.6. The Morgan fingerprint density at radius 3 is 2.39 bits per heavy atom. The normalized spacial score (nSPS) is 16.0. The summed E-state index contributed by atoms with van der Waals surface area (Å²) in [6.45, 7) is 4.86. The van der Waals surface area contributed by atoms with Crippen LogP contribution in [0.1, 0.15) is 22.3 Å². The lowest BCUT2D eigenvalue weighted by atomic mass is 10.1. The molecule has 0 spiro atoms. The average molecular weight is 455 g/mol. The maximum absolute atomic E-state index is 12.7. The average Bonchev–Trinajstić information content (AvgIpc) is 2.71. The maximum atomic E-state index is 12.7. The van der Waals surface area contributed by atoms with Crippen LogP contribution in [-0.2, 0) is 28.8 Å². The molecule has 168 valence electrons. The van der Waals surface area contributed by atoms with Gasteiger partial charge in [0.1, 0.15) is 19.6 Å². The number of hydrogen-bond acceptors (Lipinski definition) is 2. The zero-order valence-corrected chi connectivity index (χ0v) is 18.0. The number of alkyl halides is 3. The SMILES string of the molecule is C[N+]1(Cc2ccc(CNC(=O)/C=C/c3cccc(C(F)(F)F)c3)cc2)CCOCC1.[Cl-]. The highest BCUT2D eigenvalue weighted by atomic mass is 35.5. The molecule has 0 unspecified atom stereocenters. The minimum Gasteiger partial charge on any atom is -1.00 e. The number of morpholine rings is 1. The van der Waals surface area contributed by atoms with Gasteiger partial charge in [-0.25, -0.2) is 0 Å². The highest BCUT2D eigenvalue weighted by Crippen LogP contribution is 2.29. The largest absolute Gasteiger partial charge is 1.00 e. The number of benzene rings is 2. The third-order valence-electron chi connectivity index (χ3n) is 5.25. The number of nitrogens with zero attached hydrogens (tertiary/aromatic N) is 1. The van der Waals surface area contributed by atoms with E-state index in [1.165, 1.54) is 29.8 Å². The van der Waals surface area contributed by atoms with Gasteiger partial charge in [0.05, 0.1) is 25.8 Å². The van der Waals surface area contributed by atoms with Crippen LogP contribution < -0.4 is 17.7 Å². The van der Waals surface area contributed by atoms with Crippen molar-refractivity contribution in [2.24, 2.45) is 0 Å². The van der Waals surface area contributed by atoms with Gasteiger partial charge in [0.2, 0.25) is 5.91 Å². The number of carbonyl (C=O) groups excluding carboxylic acids is 1. The Morgan fingerprint density at radius 1 is 1.10 bits per heavy atom. The first-order valence-electron chi connectivity index (χ1n) is 9.86. The van der Waals surface area contributed by atoms with Crippen molar-refractivity contribution in [3.63, 3.8) is 0 Å². The van der Waals surface area contributed by atoms with E-state index >= 15 is 0 Å². The van der Waals surface area contributed by atoms with Crippen LogP contribution >= 0.6 is 0 Å². The number of rotatable bonds is 6. The van der Waals surface area contributed by atoms with Gasteiger partial charge >= 0.3 is 6.18 Å². The van der Waals surface area contributed by atoms with Gasteiger partial charge in [-0.1, -0.05) is 36.4 Å². The second-order valence-corrected chi connectivity index (χ2v) is 7.83. The number of quaternary nitrogens is 1. The van der Waals surface area contributed by atoms with Gasteiger partial charge in [0.15, 0.2) is 0 Å². The molecule has 0 bridgehead atoms. The fraction of sp³-hybridized carbons (Fsp3) is 0.348. The Balaban J connectivity index is 0.00000341. The van der Waals surface area contributed by atoms with Crippen LogP contribution in [0, 0.1) is 0 Å². The number of ether oxygens (including phenoxy) is 1. The molecule has 3 rings (SSSR count). The number of halogens is 4. The first-order chi connectivity index (χ1) is 14.2. The number of carbonyl (C=O) groups is 1. The molecular weight excluding hydrogens is 429 g/mol. The number of likely N-dealkylation sites (N-methyl/N-ethyl adjacent to an activating group) is 1. The molecule has 31 heavy (non-hydrogen) atoms. The van der Waals surface area contributed by atoms with Crippen LogP contribution in [0.5, 0.6) is 0 Å². The van der Waals surface area contributed by atoms with Crippen LogP contribution in [0.4, 0.5) is 13.2 Å². The molecule has 4 nitrogen and oxygen atoms in total. The minimum absolute atomic E-state index is 0. The summed E-state index contributed by atoms with van der Waals surface area (Å²) < 4.78 is 44.6. The molecule has 0 atom stereocenters. The molecule has 0 saturated carbocycles. The summed E-state index contributed by atoms with van der Waals surface area (Å²) in [4.78, 5) is 12.0. The third-order valence-corrected chi connectivity index (χ3v) is 5.25. The van der Waals surface area contributed by atoms with Crippen molar-refractivity contribution in [2.75, 3.05) is 33.4 Å². The summed E-state index contributed by atoms with van der Waals surface area (Å²) in [7, 11) is 2.23. The Hall–Kier alpha value is -2.35. The lowest BCUT2D eigenvalue weighted by Crippen LogP contribution is -3.00. The molecule has 1 aliphatic rings. The topological polar surface area (TPSA) is 38.3 Å². The Bertz CT molecular complexity index is 892. The molecule has 8 heteroatoms. The van der Waals surface area contributed by atoms with E-state index in [-0.39, 0.29) is 18.3 Å². The molecule has 0 aliphatic carbocycles. The van der Waals surface area contributed by atoms with E-state index < -0.39 is 11.7 Å². The van der Waals surface area contributed by atoms with Crippen molar-refractivity contribution < 1.29 is 39.6 Å². The van der Waals surface area contributed by atoms with E-state index in [2.05, 4.69) is 24.5 Å². The quantitative estimate of drug-likeness (QED) is 0.523. The number of hydrogen-bond donors (Lipinski definition) is 1. The predicted octanol–water partition coefficient (Wildman–Crippen LogP) is 1.02. The highest BCUT2D eigenvalue weighted by molar-refractivity contribution is 5.91. The van der Waals surface area contributed by atoms with Gasteiger partial charge in [-0.2, -0.15) is 13.2 Å². The summed E-state index contributed by atoms with van der Waals surface area (Å²) in [6, 6.07) is 13.0. The zero-order valence-electron chi connectivity index (χ0n) is 17.3. The Kier molecular flexibility index (Phi) is 8.68. The number of amides is 1. The molecular formula is C23H26ClF3N2O2. The van der Waals surface area contributed by atoms with Gasteiger partial charge < -0.3 is 26.9 Å². The fourth-order valence-corrected chi connectivity index (χ4v) is 3.38. The molecule has 1 aliphatic heterocycles. The van der Waals surface area contributed by atoms with Gasteiger partial charge in [-0.05, 0) is 29.3 Å². The second kappa shape index (κ2) is 10.8. The fourth-order valence-electron chi connectivity index (χ4n) is 3.38. The number of nitrogens with one attached hydrogen (secondary N) is 1. The maximum Gasteiger partial charge on any atom is 0.416 e. The molecule has 0 aromatic heterocycles. The van der Waals surface area contributed by atoms with Crippen LogP contribution in [-0.4, -0.2) is 43.7 Å². The van der Waals surface area contributed by atoms with Crippen molar-refractivity contribution in [2.45, 2.75) is 19.3 Å². The first kappa shape index (κ1) is 24.9. The standard InChI is InChI=1S/C23H25F3N2O2.ClH/c1-28(11-13-30-14-12-28)17-20-7-5-19(6-8-20)16-27-22(29)10-9-18-3-2-4-21(15-18)23(24,25)26;/h2-10,15H,11-14,16-17H2,1H3;1H/b10-9+;. The van der Waals surface area contributed by atoms with Crippen LogP contribution in [0.25, 0.3) is 6.08 Å². The monoisotopic (exact) mass is 454 g/mol. The van der Waals surface area contributed by atoms with Crippen molar-refractivity contribution in [3.8, 4) is 0 Å². The summed E-state index contributed by atoms with van der Waals surface area (Å²) in [5, 5.41) is 2.75. The summed E-state index contributed by atoms with van der Waals surface area (Å²) >= 11 is 0. The third kappa shape index (κ3) is 7.69. The lowest BCUT2D eigenvalue weighted by Gasteiger charge is -2.37. The van der Waals surface area contributed by atoms with E-state index in [0.29, 0.717) is 12.1 Å². The van der Waals surface area contributed by atoms with Crippen molar-refractivity contribution in [1.82, 2.24) is 5.32 Å². The summed E-state index contributed by atoms with van der Waals surface area (Å²) in [6.07, 6.45) is -1.78. The van der Waals surface area contributed by atoms with Gasteiger partial charge in [0, 0.05) is 18.2 Å². The van der Waals surface area contributed by atoms with Crippen LogP contribution in [0.3, 0.4) is 0 Å². The summed E-state index contributed by atoms with van der Waals surface area (Å²) in [5.74, 6) is -0.358. The van der Waals surface area contributed by atoms with Gasteiger partial charge in [-0.3, -0.25) is 4.79 Å². The molecule has 1 fully saturated rings. The summed E-state index contributed by atoms with van der Waals surface area (Å²) in [5.41, 5.74) is 1.78. The van der Waals surface area contributed by atoms with Gasteiger partial charge in [-0.15, -0.1) is 0 Å². The molecule has 1 saturated heterocycles. The van der Waals surface area contributed by atoms with Crippen LogP contribution in [0.2, 0.25) is 0 Å². The van der Waals surface area contributed by atoms with Crippen molar-refractivity contribution >= 4 is 12.0 Å². The lowest BCUT2D eigenvalue weighted by molar-refractivity contribution is -0.929. The highest BCUT2D eigenvalue weighted by Gasteiger charge is 2.30. The smallest absolute Gasteiger partial charge is 0.416 e. The molecule has 2 aromatic carbocycles. The van der Waals surface area contributed by atoms with E-state index in [1.807, 2.05) is 12.1 Å². The van der Waals surface area contributed by atoms with Gasteiger partial charge in [0.25, 0.3) is 0 Å². The van der Waals surface area contributed by atoms with Crippen molar-refractivity contribution in [3.05, 3.63) is 76.9 Å². The van der Waals surface area contributed by atoms with Crippen molar-refractivity contribution in [1.29, 1.82) is 0 Å². The molecule has 2 aromatic rings. The molecule has 1 amide bonds. The Morgan fingerprint density at radius 2 is 1.74 bits per heavy atom.